The average Bonchev–Trinajstić information content (AvgIpc) is 3.28. The number of hydrogen-bond donors (Lipinski definition) is 4. The minimum Gasteiger partial charge on any atom is -0.384 e. The molecule has 2 aromatic carbocycles. The van der Waals surface area contributed by atoms with Crippen molar-refractivity contribution in [1.82, 2.24) is 15.3 Å². The maximum atomic E-state index is 12.5. The van der Waals surface area contributed by atoms with E-state index >= 15 is 0 Å². The SMILES string of the molecule is Cl.Cl.N[C@@H](Cc1c[nH]c2ccccc12)C(=O)NCCCCNc1c2c(nc3ccccc13)CCCC2. The van der Waals surface area contributed by atoms with Crippen LogP contribution in [-0.4, -0.2) is 35.0 Å². The molecular weight excluding hydrogens is 493 g/mol. The summed E-state index contributed by atoms with van der Waals surface area (Å²) in [4.78, 5) is 20.7. The highest BCUT2D eigenvalue weighted by molar-refractivity contribution is 5.93. The number of para-hydroxylation sites is 2. The number of carbonyl (C=O) groups excluding carboxylic acids is 1. The van der Waals surface area contributed by atoms with Gasteiger partial charge in [-0.1, -0.05) is 36.4 Å². The van der Waals surface area contributed by atoms with Crippen LogP contribution >= 0.6 is 24.8 Å². The molecule has 1 aliphatic carbocycles. The number of carbonyl (C=O) groups is 1. The smallest absolute Gasteiger partial charge is 0.237 e. The number of benzene rings is 2. The summed E-state index contributed by atoms with van der Waals surface area (Å²) in [5.41, 5.74) is 13.3. The van der Waals surface area contributed by atoms with Crippen LogP contribution in [0.5, 0.6) is 0 Å². The summed E-state index contributed by atoms with van der Waals surface area (Å²) in [7, 11) is 0. The Kier molecular flexibility index (Phi) is 9.99. The number of nitrogens with one attached hydrogen (secondary N) is 3. The van der Waals surface area contributed by atoms with E-state index in [9.17, 15) is 4.79 Å². The minimum atomic E-state index is -0.549. The highest BCUT2D eigenvalue weighted by Crippen LogP contribution is 2.33. The Balaban J connectivity index is 0.00000180. The van der Waals surface area contributed by atoms with Crippen molar-refractivity contribution in [2.75, 3.05) is 18.4 Å². The van der Waals surface area contributed by atoms with Crippen molar-refractivity contribution in [3.8, 4) is 0 Å². The maximum absolute atomic E-state index is 12.5. The molecule has 8 heteroatoms. The molecule has 2 aromatic heterocycles. The first kappa shape index (κ1) is 27.8. The fourth-order valence-electron chi connectivity index (χ4n) is 5.01. The third-order valence-electron chi connectivity index (χ3n) is 6.83. The average molecular weight is 529 g/mol. The number of fused-ring (bicyclic) bond motifs is 3. The van der Waals surface area contributed by atoms with E-state index in [2.05, 4.69) is 45.9 Å². The van der Waals surface area contributed by atoms with E-state index in [1.807, 2.05) is 24.4 Å². The van der Waals surface area contributed by atoms with Crippen molar-refractivity contribution in [2.45, 2.75) is 51.0 Å². The first-order valence-corrected chi connectivity index (χ1v) is 12.4. The number of unbranched alkanes of at least 4 members (excludes halogenated alkanes) is 1. The fraction of sp³-hybridized carbons (Fsp3) is 0.357. The second-order valence-electron chi connectivity index (χ2n) is 9.23. The Morgan fingerprint density at radius 2 is 1.69 bits per heavy atom. The predicted molar refractivity (Wildman–Crippen MR) is 154 cm³/mol. The number of rotatable bonds is 9. The zero-order chi connectivity index (χ0) is 23.3. The highest BCUT2D eigenvalue weighted by Gasteiger charge is 2.18. The largest absolute Gasteiger partial charge is 0.384 e. The second kappa shape index (κ2) is 12.9. The molecule has 5 rings (SSSR count). The van der Waals surface area contributed by atoms with Crippen LogP contribution in [0.2, 0.25) is 0 Å². The van der Waals surface area contributed by atoms with Crippen molar-refractivity contribution in [2.24, 2.45) is 5.73 Å². The summed E-state index contributed by atoms with van der Waals surface area (Å²) < 4.78 is 0. The lowest BCUT2D eigenvalue weighted by Crippen LogP contribution is -2.42. The number of aryl methyl sites for hydroxylation is 1. The van der Waals surface area contributed by atoms with Crippen molar-refractivity contribution >= 4 is 58.2 Å². The van der Waals surface area contributed by atoms with Gasteiger partial charge in [0.05, 0.1) is 11.6 Å². The third-order valence-corrected chi connectivity index (χ3v) is 6.83. The Morgan fingerprint density at radius 3 is 2.56 bits per heavy atom. The zero-order valence-electron chi connectivity index (χ0n) is 20.4. The molecule has 1 aliphatic rings. The first-order chi connectivity index (χ1) is 16.7. The number of aromatic nitrogens is 2. The van der Waals surface area contributed by atoms with Crippen LogP contribution in [0.1, 0.15) is 42.5 Å². The first-order valence-electron chi connectivity index (χ1n) is 12.4. The van der Waals surface area contributed by atoms with E-state index in [1.54, 1.807) is 0 Å². The number of H-pyrrole nitrogens is 1. The van der Waals surface area contributed by atoms with Gasteiger partial charge in [0, 0.05) is 47.0 Å². The zero-order valence-corrected chi connectivity index (χ0v) is 22.0. The van der Waals surface area contributed by atoms with Crippen LogP contribution in [0, 0.1) is 0 Å². The molecule has 1 atom stereocenters. The summed E-state index contributed by atoms with van der Waals surface area (Å²) in [5.74, 6) is -0.0903. The van der Waals surface area contributed by atoms with Gasteiger partial charge < -0.3 is 21.4 Å². The van der Waals surface area contributed by atoms with E-state index in [1.165, 1.54) is 35.2 Å². The quantitative estimate of drug-likeness (QED) is 0.221. The van der Waals surface area contributed by atoms with Crippen LogP contribution in [0.25, 0.3) is 21.8 Å². The Morgan fingerprint density at radius 1 is 0.972 bits per heavy atom. The number of amides is 1. The number of nitrogens with two attached hydrogens (primary N) is 1. The van der Waals surface area contributed by atoms with Gasteiger partial charge in [-0.15, -0.1) is 24.8 Å². The monoisotopic (exact) mass is 527 g/mol. The molecule has 0 unspecified atom stereocenters. The van der Waals surface area contributed by atoms with Gasteiger partial charge in [-0.25, -0.2) is 0 Å². The molecule has 0 aliphatic heterocycles. The molecule has 0 radical (unpaired) electrons. The van der Waals surface area contributed by atoms with E-state index in [4.69, 9.17) is 10.7 Å². The predicted octanol–water partition coefficient (Wildman–Crippen LogP) is 5.32. The molecule has 4 aromatic rings. The molecule has 6 nitrogen and oxygen atoms in total. The van der Waals surface area contributed by atoms with E-state index in [-0.39, 0.29) is 30.7 Å². The fourth-order valence-corrected chi connectivity index (χ4v) is 5.01. The summed E-state index contributed by atoms with van der Waals surface area (Å²) in [6.45, 7) is 1.51. The van der Waals surface area contributed by atoms with E-state index in [0.717, 1.165) is 54.2 Å². The molecule has 0 spiro atoms. The summed E-state index contributed by atoms with van der Waals surface area (Å²) in [6.07, 6.45) is 8.97. The number of anilines is 1. The van der Waals surface area contributed by atoms with E-state index in [0.29, 0.717) is 13.0 Å². The van der Waals surface area contributed by atoms with Crippen molar-refractivity contribution in [3.63, 3.8) is 0 Å². The van der Waals surface area contributed by atoms with Crippen LogP contribution in [-0.2, 0) is 24.1 Å². The lowest BCUT2D eigenvalue weighted by Gasteiger charge is -2.21. The number of hydrogen-bond acceptors (Lipinski definition) is 4. The van der Waals surface area contributed by atoms with Crippen LogP contribution in [0.3, 0.4) is 0 Å². The van der Waals surface area contributed by atoms with Gasteiger partial charge in [0.15, 0.2) is 0 Å². The molecule has 2 heterocycles. The molecule has 0 saturated heterocycles. The lowest BCUT2D eigenvalue weighted by atomic mass is 9.92. The lowest BCUT2D eigenvalue weighted by molar-refractivity contribution is -0.122. The van der Waals surface area contributed by atoms with Crippen molar-refractivity contribution in [3.05, 3.63) is 71.5 Å². The van der Waals surface area contributed by atoms with Gasteiger partial charge in [-0.05, 0) is 68.2 Å². The van der Waals surface area contributed by atoms with Gasteiger partial charge in [0.2, 0.25) is 5.91 Å². The molecular formula is C28H35Cl2N5O. The topological polar surface area (TPSA) is 95.8 Å². The van der Waals surface area contributed by atoms with E-state index < -0.39 is 6.04 Å². The molecule has 1 amide bonds. The number of halogens is 2. The van der Waals surface area contributed by atoms with Crippen molar-refractivity contribution in [1.29, 1.82) is 0 Å². The third kappa shape index (κ3) is 6.12. The second-order valence-corrected chi connectivity index (χ2v) is 9.23. The standard InChI is InChI=1S/C28H33N5O.2ClH/c29-23(17-19-18-32-24-12-4-1-9-20(19)24)28(34)31-16-8-7-15-30-27-21-10-2-5-13-25(21)33-26-14-6-3-11-22(26)27;;/h1-2,4-5,9-10,12-13,18,23,32H,3,6-8,11,14-17,29H2,(H,30,33)(H,31,34);2*1H/t23-;;/m0../s1. The molecule has 5 N–H and O–H groups in total. The number of pyridine rings is 1. The maximum Gasteiger partial charge on any atom is 0.237 e. The minimum absolute atomic E-state index is 0. The highest BCUT2D eigenvalue weighted by atomic mass is 35.5. The summed E-state index contributed by atoms with van der Waals surface area (Å²) in [6, 6.07) is 15.9. The Bertz CT molecular complexity index is 1310. The van der Waals surface area contributed by atoms with Gasteiger partial charge in [0.25, 0.3) is 0 Å². The summed E-state index contributed by atoms with van der Waals surface area (Å²) >= 11 is 0. The van der Waals surface area contributed by atoms with Crippen LogP contribution < -0.4 is 16.4 Å². The number of nitrogens with zero attached hydrogens (tertiary/aromatic N) is 1. The van der Waals surface area contributed by atoms with Crippen LogP contribution in [0.4, 0.5) is 5.69 Å². The van der Waals surface area contributed by atoms with Gasteiger partial charge in [-0.3, -0.25) is 9.78 Å². The van der Waals surface area contributed by atoms with Gasteiger partial charge >= 0.3 is 0 Å². The van der Waals surface area contributed by atoms with Gasteiger partial charge in [0.1, 0.15) is 0 Å². The van der Waals surface area contributed by atoms with Crippen molar-refractivity contribution < 1.29 is 4.79 Å². The Labute approximate surface area is 224 Å². The molecule has 192 valence electrons. The van der Waals surface area contributed by atoms with Gasteiger partial charge in [-0.2, -0.15) is 0 Å². The molecule has 0 saturated carbocycles. The molecule has 0 fully saturated rings. The molecule has 36 heavy (non-hydrogen) atoms. The van der Waals surface area contributed by atoms with Crippen LogP contribution in [0.15, 0.2) is 54.7 Å². The number of aromatic amines is 1. The Hall–Kier alpha value is -2.80. The normalized spacial score (nSPS) is 13.4. The summed E-state index contributed by atoms with van der Waals surface area (Å²) in [5, 5.41) is 9.04. The molecule has 0 bridgehead atoms.